The van der Waals surface area contributed by atoms with Crippen molar-refractivity contribution in [1.82, 2.24) is 0 Å². The van der Waals surface area contributed by atoms with Gasteiger partial charge in [0.2, 0.25) is 0 Å². The largest absolute Gasteiger partial charge is 0.491 e. The van der Waals surface area contributed by atoms with Gasteiger partial charge in [-0.25, -0.2) is 0 Å². The summed E-state index contributed by atoms with van der Waals surface area (Å²) < 4.78 is 6.84. The molecule has 0 heterocycles. The Labute approximate surface area is 134 Å². The molecule has 3 heteroatoms. The minimum Gasteiger partial charge on any atom is -0.491 e. The van der Waals surface area contributed by atoms with Gasteiger partial charge in [0.05, 0.1) is 12.1 Å². The second kappa shape index (κ2) is 6.10. The topological polar surface area (TPSA) is 21.3 Å². The zero-order valence-corrected chi connectivity index (χ0v) is 14.0. The standard InChI is InChI=1S/C18H20BrNO/c1-12(2)21-16-7-5-15(6-8-16)20-18-10-3-13-11-14(19)4-9-17(13)18/h4-9,11-12,18,20H,3,10H2,1-2H3. The van der Waals surface area contributed by atoms with Gasteiger partial charge in [-0.3, -0.25) is 0 Å². The first-order valence-corrected chi connectivity index (χ1v) is 8.23. The summed E-state index contributed by atoms with van der Waals surface area (Å²) in [6.07, 6.45) is 2.50. The second-order valence-electron chi connectivity index (χ2n) is 5.77. The molecule has 2 nitrogen and oxygen atoms in total. The SMILES string of the molecule is CC(C)Oc1ccc(NC2CCc3cc(Br)ccc32)cc1. The van der Waals surface area contributed by atoms with Crippen LogP contribution in [0.3, 0.4) is 0 Å². The Balaban J connectivity index is 1.71. The fraction of sp³-hybridized carbons (Fsp3) is 0.333. The van der Waals surface area contributed by atoms with Gasteiger partial charge < -0.3 is 10.1 Å². The number of halogens is 1. The molecule has 0 saturated heterocycles. The molecular formula is C18H20BrNO. The van der Waals surface area contributed by atoms with E-state index in [-0.39, 0.29) is 6.10 Å². The van der Waals surface area contributed by atoms with Crippen LogP contribution in [0.2, 0.25) is 0 Å². The number of nitrogens with one attached hydrogen (secondary N) is 1. The second-order valence-corrected chi connectivity index (χ2v) is 6.69. The van der Waals surface area contributed by atoms with Crippen LogP contribution < -0.4 is 10.1 Å². The Bertz CT molecular complexity index is 622. The van der Waals surface area contributed by atoms with E-state index in [1.807, 2.05) is 26.0 Å². The highest BCUT2D eigenvalue weighted by atomic mass is 79.9. The van der Waals surface area contributed by atoms with Gasteiger partial charge in [-0.1, -0.05) is 22.0 Å². The Hall–Kier alpha value is -1.48. The van der Waals surface area contributed by atoms with Crippen molar-refractivity contribution in [1.29, 1.82) is 0 Å². The Kier molecular flexibility index (Phi) is 4.20. The molecule has 0 aliphatic heterocycles. The third-order valence-corrected chi connectivity index (χ3v) is 4.24. The van der Waals surface area contributed by atoms with Crippen LogP contribution in [0.5, 0.6) is 5.75 Å². The lowest BCUT2D eigenvalue weighted by Gasteiger charge is -2.16. The van der Waals surface area contributed by atoms with Crippen LogP contribution in [0.25, 0.3) is 0 Å². The minimum atomic E-state index is 0.212. The number of hydrogen-bond acceptors (Lipinski definition) is 2. The van der Waals surface area contributed by atoms with Crippen LogP contribution in [-0.4, -0.2) is 6.10 Å². The summed E-state index contributed by atoms with van der Waals surface area (Å²) in [6.45, 7) is 4.08. The van der Waals surface area contributed by atoms with Gasteiger partial charge >= 0.3 is 0 Å². The molecular weight excluding hydrogens is 326 g/mol. The maximum Gasteiger partial charge on any atom is 0.119 e. The van der Waals surface area contributed by atoms with Crippen LogP contribution in [0, 0.1) is 0 Å². The Morgan fingerprint density at radius 1 is 1.14 bits per heavy atom. The van der Waals surface area contributed by atoms with Crippen molar-refractivity contribution >= 4 is 21.6 Å². The van der Waals surface area contributed by atoms with E-state index in [1.54, 1.807) is 0 Å². The molecule has 110 valence electrons. The molecule has 0 radical (unpaired) electrons. The number of aryl methyl sites for hydroxylation is 1. The molecule has 0 spiro atoms. The van der Waals surface area contributed by atoms with E-state index in [0.717, 1.165) is 28.8 Å². The van der Waals surface area contributed by atoms with E-state index in [1.165, 1.54) is 11.1 Å². The van der Waals surface area contributed by atoms with Gasteiger partial charge in [0.25, 0.3) is 0 Å². The fourth-order valence-electron chi connectivity index (χ4n) is 2.84. The van der Waals surface area contributed by atoms with Gasteiger partial charge in [-0.05, 0) is 74.2 Å². The number of benzene rings is 2. The van der Waals surface area contributed by atoms with Gasteiger partial charge in [0.15, 0.2) is 0 Å². The van der Waals surface area contributed by atoms with Crippen molar-refractivity contribution in [3.05, 3.63) is 58.1 Å². The number of fused-ring (bicyclic) bond motifs is 1. The predicted octanol–water partition coefficient (Wildman–Crippen LogP) is 5.34. The van der Waals surface area contributed by atoms with Crippen molar-refractivity contribution in [2.24, 2.45) is 0 Å². The summed E-state index contributed by atoms with van der Waals surface area (Å²) in [4.78, 5) is 0. The summed E-state index contributed by atoms with van der Waals surface area (Å²) in [6, 6.07) is 15.2. The molecule has 1 aliphatic rings. The third-order valence-electron chi connectivity index (χ3n) is 3.75. The predicted molar refractivity (Wildman–Crippen MR) is 91.0 cm³/mol. The Morgan fingerprint density at radius 2 is 1.90 bits per heavy atom. The zero-order chi connectivity index (χ0) is 14.8. The minimum absolute atomic E-state index is 0.212. The highest BCUT2D eigenvalue weighted by Crippen LogP contribution is 2.35. The molecule has 1 unspecified atom stereocenters. The van der Waals surface area contributed by atoms with Crippen molar-refractivity contribution in [3.63, 3.8) is 0 Å². The van der Waals surface area contributed by atoms with Gasteiger partial charge in [0.1, 0.15) is 5.75 Å². The van der Waals surface area contributed by atoms with Crippen LogP contribution in [-0.2, 0) is 6.42 Å². The molecule has 3 rings (SSSR count). The monoisotopic (exact) mass is 345 g/mol. The van der Waals surface area contributed by atoms with E-state index >= 15 is 0 Å². The first-order valence-electron chi connectivity index (χ1n) is 7.43. The lowest BCUT2D eigenvalue weighted by molar-refractivity contribution is 0.242. The van der Waals surface area contributed by atoms with E-state index in [9.17, 15) is 0 Å². The fourth-order valence-corrected chi connectivity index (χ4v) is 3.25. The lowest BCUT2D eigenvalue weighted by Crippen LogP contribution is -2.08. The molecule has 21 heavy (non-hydrogen) atoms. The van der Waals surface area contributed by atoms with Crippen molar-refractivity contribution < 1.29 is 4.74 Å². The van der Waals surface area contributed by atoms with Crippen LogP contribution in [0.4, 0.5) is 5.69 Å². The van der Waals surface area contributed by atoms with Gasteiger partial charge in [-0.2, -0.15) is 0 Å². The third kappa shape index (κ3) is 3.41. The van der Waals surface area contributed by atoms with E-state index in [4.69, 9.17) is 4.74 Å². The normalized spacial score (nSPS) is 16.9. The first kappa shape index (κ1) is 14.5. The molecule has 2 aromatic rings. The number of rotatable bonds is 4. The number of anilines is 1. The zero-order valence-electron chi connectivity index (χ0n) is 12.4. The van der Waals surface area contributed by atoms with Crippen molar-refractivity contribution in [2.75, 3.05) is 5.32 Å². The lowest BCUT2D eigenvalue weighted by atomic mass is 10.1. The average molecular weight is 346 g/mol. The quantitative estimate of drug-likeness (QED) is 0.807. The Morgan fingerprint density at radius 3 is 2.62 bits per heavy atom. The average Bonchev–Trinajstić information content (AvgIpc) is 2.83. The number of ether oxygens (including phenoxy) is 1. The van der Waals surface area contributed by atoms with Crippen molar-refractivity contribution in [3.8, 4) is 5.75 Å². The van der Waals surface area contributed by atoms with Crippen LogP contribution in [0.1, 0.15) is 37.4 Å². The molecule has 0 saturated carbocycles. The molecule has 0 bridgehead atoms. The summed E-state index contributed by atoms with van der Waals surface area (Å²) in [5.41, 5.74) is 4.01. The summed E-state index contributed by atoms with van der Waals surface area (Å²) in [7, 11) is 0. The van der Waals surface area contributed by atoms with Crippen LogP contribution in [0.15, 0.2) is 46.9 Å². The maximum atomic E-state index is 5.68. The molecule has 1 N–H and O–H groups in total. The molecule has 0 amide bonds. The molecule has 2 aromatic carbocycles. The summed E-state index contributed by atoms with van der Waals surface area (Å²) in [5.74, 6) is 0.923. The molecule has 1 atom stereocenters. The highest BCUT2D eigenvalue weighted by Gasteiger charge is 2.22. The summed E-state index contributed by atoms with van der Waals surface area (Å²) >= 11 is 3.54. The van der Waals surface area contributed by atoms with Crippen molar-refractivity contribution in [2.45, 2.75) is 38.8 Å². The molecule has 0 aromatic heterocycles. The van der Waals surface area contributed by atoms with Crippen LogP contribution >= 0.6 is 15.9 Å². The highest BCUT2D eigenvalue weighted by molar-refractivity contribution is 9.10. The van der Waals surface area contributed by atoms with E-state index in [0.29, 0.717) is 6.04 Å². The molecule has 1 aliphatic carbocycles. The maximum absolute atomic E-state index is 5.68. The van der Waals surface area contributed by atoms with E-state index < -0.39 is 0 Å². The van der Waals surface area contributed by atoms with Gasteiger partial charge in [0, 0.05) is 10.2 Å². The van der Waals surface area contributed by atoms with E-state index in [2.05, 4.69) is 51.6 Å². The molecule has 0 fully saturated rings. The van der Waals surface area contributed by atoms with Gasteiger partial charge in [-0.15, -0.1) is 0 Å². The smallest absolute Gasteiger partial charge is 0.119 e. The first-order chi connectivity index (χ1) is 10.1. The summed E-state index contributed by atoms with van der Waals surface area (Å²) in [5, 5.41) is 3.63. The number of hydrogen-bond donors (Lipinski definition) is 1.